The van der Waals surface area contributed by atoms with Gasteiger partial charge in [0.05, 0.1) is 13.2 Å². The van der Waals surface area contributed by atoms with E-state index in [4.69, 9.17) is 10.5 Å². The second-order valence-electron chi connectivity index (χ2n) is 5.31. The standard InChI is InChI=1S/C12H24N2O2/c13-8-12(4-2-6-16-10-12)9-14-5-1-3-11(14)7-15/h11,15H,1-10,13H2. The zero-order valence-corrected chi connectivity index (χ0v) is 10.0. The van der Waals surface area contributed by atoms with Gasteiger partial charge in [-0.1, -0.05) is 0 Å². The van der Waals surface area contributed by atoms with Crippen molar-refractivity contribution in [2.24, 2.45) is 11.1 Å². The smallest absolute Gasteiger partial charge is 0.0586 e. The predicted molar refractivity (Wildman–Crippen MR) is 63.2 cm³/mol. The first kappa shape index (κ1) is 12.3. The Hall–Kier alpha value is -0.160. The quantitative estimate of drug-likeness (QED) is 0.721. The topological polar surface area (TPSA) is 58.7 Å². The van der Waals surface area contributed by atoms with Crippen LogP contribution < -0.4 is 5.73 Å². The molecule has 16 heavy (non-hydrogen) atoms. The Morgan fingerprint density at radius 1 is 1.44 bits per heavy atom. The molecule has 94 valence electrons. The van der Waals surface area contributed by atoms with Gasteiger partial charge in [-0.15, -0.1) is 0 Å². The molecular weight excluding hydrogens is 204 g/mol. The third-order valence-corrected chi connectivity index (χ3v) is 4.09. The van der Waals surface area contributed by atoms with E-state index in [1.165, 1.54) is 6.42 Å². The van der Waals surface area contributed by atoms with Gasteiger partial charge in [-0.25, -0.2) is 0 Å². The number of nitrogens with two attached hydrogens (primary N) is 1. The van der Waals surface area contributed by atoms with E-state index in [2.05, 4.69) is 4.90 Å². The zero-order chi connectivity index (χ0) is 11.4. The highest BCUT2D eigenvalue weighted by Crippen LogP contribution is 2.31. The number of aliphatic hydroxyl groups is 1. The van der Waals surface area contributed by atoms with Gasteiger partial charge in [0.1, 0.15) is 0 Å². The van der Waals surface area contributed by atoms with Gasteiger partial charge < -0.3 is 15.6 Å². The lowest BCUT2D eigenvalue weighted by Crippen LogP contribution is -2.49. The van der Waals surface area contributed by atoms with E-state index in [9.17, 15) is 5.11 Å². The number of nitrogens with zero attached hydrogens (tertiary/aromatic N) is 1. The molecule has 2 rings (SSSR count). The predicted octanol–water partition coefficient (Wildman–Crippen LogP) is 0.199. The highest BCUT2D eigenvalue weighted by atomic mass is 16.5. The Morgan fingerprint density at radius 2 is 2.31 bits per heavy atom. The number of aliphatic hydroxyl groups excluding tert-OH is 1. The highest BCUT2D eigenvalue weighted by molar-refractivity contribution is 4.90. The molecule has 4 nitrogen and oxygen atoms in total. The second kappa shape index (κ2) is 5.45. The van der Waals surface area contributed by atoms with Crippen molar-refractivity contribution in [1.29, 1.82) is 0 Å². The van der Waals surface area contributed by atoms with E-state index >= 15 is 0 Å². The molecule has 0 radical (unpaired) electrons. The van der Waals surface area contributed by atoms with Crippen LogP contribution in [0.3, 0.4) is 0 Å². The molecule has 2 aliphatic rings. The number of likely N-dealkylation sites (tertiary alicyclic amines) is 1. The fourth-order valence-corrected chi connectivity index (χ4v) is 3.00. The molecule has 2 unspecified atom stereocenters. The van der Waals surface area contributed by atoms with Crippen molar-refractivity contribution in [1.82, 2.24) is 4.90 Å². The summed E-state index contributed by atoms with van der Waals surface area (Å²) in [4.78, 5) is 2.40. The Kier molecular flexibility index (Phi) is 4.19. The lowest BCUT2D eigenvalue weighted by atomic mass is 9.82. The van der Waals surface area contributed by atoms with E-state index in [1.807, 2.05) is 0 Å². The molecule has 0 bridgehead atoms. The van der Waals surface area contributed by atoms with E-state index in [-0.39, 0.29) is 12.0 Å². The molecule has 2 saturated heterocycles. The number of hydrogen-bond donors (Lipinski definition) is 2. The molecule has 3 N–H and O–H groups in total. The van der Waals surface area contributed by atoms with Crippen molar-refractivity contribution in [3.8, 4) is 0 Å². The maximum atomic E-state index is 9.32. The SMILES string of the molecule is NCC1(CN2CCCC2CO)CCCOC1. The molecule has 0 aliphatic carbocycles. The summed E-state index contributed by atoms with van der Waals surface area (Å²) >= 11 is 0. The first-order chi connectivity index (χ1) is 7.79. The third-order valence-electron chi connectivity index (χ3n) is 4.09. The molecule has 2 aliphatic heterocycles. The summed E-state index contributed by atoms with van der Waals surface area (Å²) in [5.74, 6) is 0. The Bertz CT molecular complexity index is 217. The third kappa shape index (κ3) is 2.56. The Morgan fingerprint density at radius 3 is 2.94 bits per heavy atom. The maximum absolute atomic E-state index is 9.32. The first-order valence-electron chi connectivity index (χ1n) is 6.42. The molecule has 2 heterocycles. The lowest BCUT2D eigenvalue weighted by Gasteiger charge is -2.40. The Balaban J connectivity index is 1.94. The van der Waals surface area contributed by atoms with Crippen molar-refractivity contribution in [2.45, 2.75) is 31.7 Å². The summed E-state index contributed by atoms with van der Waals surface area (Å²) in [6, 6.07) is 0.352. The van der Waals surface area contributed by atoms with E-state index < -0.39 is 0 Å². The molecule has 2 atom stereocenters. The van der Waals surface area contributed by atoms with Crippen molar-refractivity contribution in [2.75, 3.05) is 39.5 Å². The number of hydrogen-bond acceptors (Lipinski definition) is 4. The van der Waals surface area contributed by atoms with Gasteiger partial charge in [0, 0.05) is 31.2 Å². The largest absolute Gasteiger partial charge is 0.395 e. The van der Waals surface area contributed by atoms with Crippen LogP contribution in [-0.2, 0) is 4.74 Å². The molecule has 0 spiro atoms. The van der Waals surface area contributed by atoms with Crippen LogP contribution in [0.4, 0.5) is 0 Å². The van der Waals surface area contributed by atoms with Gasteiger partial charge in [-0.2, -0.15) is 0 Å². The van der Waals surface area contributed by atoms with Crippen LogP contribution in [0.2, 0.25) is 0 Å². The fraction of sp³-hybridized carbons (Fsp3) is 1.00. The van der Waals surface area contributed by atoms with Gasteiger partial charge in [-0.3, -0.25) is 4.90 Å². The van der Waals surface area contributed by atoms with Crippen molar-refractivity contribution in [3.05, 3.63) is 0 Å². The highest BCUT2D eigenvalue weighted by Gasteiger charge is 2.36. The summed E-state index contributed by atoms with van der Waals surface area (Å²) in [6.07, 6.45) is 4.61. The van der Waals surface area contributed by atoms with Gasteiger partial charge >= 0.3 is 0 Å². The van der Waals surface area contributed by atoms with Crippen LogP contribution in [-0.4, -0.2) is 55.5 Å². The summed E-state index contributed by atoms with van der Waals surface area (Å²) < 4.78 is 5.59. The van der Waals surface area contributed by atoms with Crippen LogP contribution in [0.1, 0.15) is 25.7 Å². The number of rotatable bonds is 4. The fourth-order valence-electron chi connectivity index (χ4n) is 3.00. The van der Waals surface area contributed by atoms with Crippen LogP contribution in [0.15, 0.2) is 0 Å². The van der Waals surface area contributed by atoms with Crippen molar-refractivity contribution < 1.29 is 9.84 Å². The zero-order valence-electron chi connectivity index (χ0n) is 10.0. The Labute approximate surface area is 97.7 Å². The van der Waals surface area contributed by atoms with Crippen molar-refractivity contribution >= 4 is 0 Å². The van der Waals surface area contributed by atoms with Crippen LogP contribution in [0.25, 0.3) is 0 Å². The summed E-state index contributed by atoms with van der Waals surface area (Å²) in [5.41, 5.74) is 6.07. The number of ether oxygens (including phenoxy) is 1. The molecule has 0 aromatic carbocycles. The van der Waals surface area contributed by atoms with E-state index in [1.54, 1.807) is 0 Å². The molecule has 0 aromatic rings. The van der Waals surface area contributed by atoms with Crippen molar-refractivity contribution in [3.63, 3.8) is 0 Å². The van der Waals surface area contributed by atoms with Crippen LogP contribution in [0, 0.1) is 5.41 Å². The summed E-state index contributed by atoms with van der Waals surface area (Å²) in [5, 5.41) is 9.32. The van der Waals surface area contributed by atoms with Crippen LogP contribution in [0.5, 0.6) is 0 Å². The summed E-state index contributed by atoms with van der Waals surface area (Å²) in [7, 11) is 0. The monoisotopic (exact) mass is 228 g/mol. The van der Waals surface area contributed by atoms with E-state index in [0.29, 0.717) is 12.6 Å². The van der Waals surface area contributed by atoms with E-state index in [0.717, 1.165) is 45.6 Å². The van der Waals surface area contributed by atoms with Gasteiger partial charge in [0.2, 0.25) is 0 Å². The van der Waals surface area contributed by atoms with Gasteiger partial charge in [0.15, 0.2) is 0 Å². The molecule has 0 saturated carbocycles. The average molecular weight is 228 g/mol. The second-order valence-corrected chi connectivity index (χ2v) is 5.31. The minimum atomic E-state index is 0.135. The maximum Gasteiger partial charge on any atom is 0.0586 e. The molecule has 4 heteroatoms. The minimum absolute atomic E-state index is 0.135. The normalized spacial score (nSPS) is 36.8. The average Bonchev–Trinajstić information content (AvgIpc) is 2.77. The van der Waals surface area contributed by atoms with Gasteiger partial charge in [0.25, 0.3) is 0 Å². The lowest BCUT2D eigenvalue weighted by molar-refractivity contribution is -0.0268. The molecule has 2 fully saturated rings. The first-order valence-corrected chi connectivity index (χ1v) is 6.42. The molecular formula is C12H24N2O2. The van der Waals surface area contributed by atoms with Crippen LogP contribution >= 0.6 is 0 Å². The molecule has 0 amide bonds. The summed E-state index contributed by atoms with van der Waals surface area (Å²) in [6.45, 7) is 4.74. The minimum Gasteiger partial charge on any atom is -0.395 e. The van der Waals surface area contributed by atoms with Gasteiger partial charge in [-0.05, 0) is 32.2 Å². The molecule has 0 aromatic heterocycles.